The predicted octanol–water partition coefficient (Wildman–Crippen LogP) is 3.69. The largest absolute Gasteiger partial charge is 0.489 e. The van der Waals surface area contributed by atoms with Gasteiger partial charge in [-0.15, -0.1) is 5.92 Å². The van der Waals surface area contributed by atoms with Gasteiger partial charge >= 0.3 is 0 Å². The summed E-state index contributed by atoms with van der Waals surface area (Å²) in [5.41, 5.74) is 7.45. The van der Waals surface area contributed by atoms with Crippen LogP contribution in [0, 0.1) is 24.6 Å². The first-order chi connectivity index (χ1) is 13.5. The van der Waals surface area contributed by atoms with Gasteiger partial charge in [-0.25, -0.2) is 9.37 Å². The number of rotatable bonds is 7. The molecule has 0 radical (unpaired) electrons. The maximum atomic E-state index is 14.6. The Hall–Kier alpha value is -3.11. The number of carbonyl (C=O) groups is 1. The number of methoxy groups -OCH3 is 1. The first-order valence-corrected chi connectivity index (χ1v) is 8.91. The van der Waals surface area contributed by atoms with E-state index in [9.17, 15) is 9.18 Å². The Balaban J connectivity index is 2.14. The summed E-state index contributed by atoms with van der Waals surface area (Å²) in [5.74, 6) is 4.74. The average molecular weight is 385 g/mol. The van der Waals surface area contributed by atoms with Gasteiger partial charge in [0.05, 0.1) is 30.2 Å². The van der Waals surface area contributed by atoms with Crippen LogP contribution in [0.15, 0.2) is 24.3 Å². The molecule has 1 amide bonds. The van der Waals surface area contributed by atoms with E-state index in [1.165, 1.54) is 12.1 Å². The number of amides is 1. The highest BCUT2D eigenvalue weighted by Gasteiger charge is 2.17. The van der Waals surface area contributed by atoms with Crippen LogP contribution in [0.3, 0.4) is 0 Å². The Morgan fingerprint density at radius 2 is 2.14 bits per heavy atom. The van der Waals surface area contributed by atoms with Crippen LogP contribution in [0.1, 0.15) is 41.4 Å². The number of hydrogen-bond acceptors (Lipinski definition) is 5. The number of ether oxygens (including phenoxy) is 2. The summed E-state index contributed by atoms with van der Waals surface area (Å²) in [4.78, 5) is 16.8. The summed E-state index contributed by atoms with van der Waals surface area (Å²) >= 11 is 0. The summed E-state index contributed by atoms with van der Waals surface area (Å²) in [5, 5.41) is 2.52. The van der Waals surface area contributed by atoms with Gasteiger partial charge in [0.15, 0.2) is 11.6 Å². The molecule has 3 N–H and O–H groups in total. The van der Waals surface area contributed by atoms with Crippen LogP contribution in [0.5, 0.6) is 5.75 Å². The average Bonchev–Trinajstić information content (AvgIpc) is 2.67. The van der Waals surface area contributed by atoms with Crippen molar-refractivity contribution in [2.24, 2.45) is 0 Å². The second-order valence-corrected chi connectivity index (χ2v) is 6.00. The minimum Gasteiger partial charge on any atom is -0.489 e. The van der Waals surface area contributed by atoms with Gasteiger partial charge in [-0.1, -0.05) is 18.9 Å². The molecule has 0 atom stereocenters. The van der Waals surface area contributed by atoms with Crippen molar-refractivity contribution >= 4 is 17.4 Å². The van der Waals surface area contributed by atoms with Crippen molar-refractivity contribution < 1.29 is 18.7 Å². The quantitative estimate of drug-likeness (QED) is 0.561. The lowest BCUT2D eigenvalue weighted by Crippen LogP contribution is -2.17. The van der Waals surface area contributed by atoms with Gasteiger partial charge in [0.1, 0.15) is 5.82 Å². The van der Waals surface area contributed by atoms with E-state index in [1.54, 1.807) is 26.2 Å². The van der Waals surface area contributed by atoms with E-state index < -0.39 is 11.7 Å². The van der Waals surface area contributed by atoms with Gasteiger partial charge in [-0.05, 0) is 30.7 Å². The van der Waals surface area contributed by atoms with Crippen molar-refractivity contribution in [1.29, 1.82) is 0 Å². The molecular weight excluding hydrogens is 361 g/mol. The van der Waals surface area contributed by atoms with E-state index in [4.69, 9.17) is 15.2 Å². The molecule has 7 heteroatoms. The zero-order valence-electron chi connectivity index (χ0n) is 16.3. The molecule has 0 unspecified atom stereocenters. The van der Waals surface area contributed by atoms with Crippen LogP contribution < -0.4 is 15.8 Å². The summed E-state index contributed by atoms with van der Waals surface area (Å²) in [6, 6.07) is 6.15. The molecule has 0 bridgehead atoms. The molecule has 2 aromatic rings. The maximum Gasteiger partial charge on any atom is 0.259 e. The van der Waals surface area contributed by atoms with Gasteiger partial charge in [0.25, 0.3) is 5.91 Å². The maximum absolute atomic E-state index is 14.6. The Morgan fingerprint density at radius 1 is 1.36 bits per heavy atom. The number of nitrogen functional groups attached to an aromatic ring is 1. The number of aromatic nitrogens is 1. The first kappa shape index (κ1) is 21.2. The molecule has 0 aliphatic heterocycles. The van der Waals surface area contributed by atoms with E-state index in [2.05, 4.69) is 22.1 Å². The van der Waals surface area contributed by atoms with Crippen molar-refractivity contribution in [2.75, 3.05) is 24.8 Å². The molecule has 0 aliphatic carbocycles. The SMILES string of the molecule is CCC#CCCOc1cccc(NC(=O)c2cc(C)c(COC)nc2N)c1F. The molecule has 2 rings (SSSR count). The van der Waals surface area contributed by atoms with Gasteiger partial charge in [-0.3, -0.25) is 4.79 Å². The minimum absolute atomic E-state index is 0.000151. The third-order valence-electron chi connectivity index (χ3n) is 3.87. The lowest BCUT2D eigenvalue weighted by atomic mass is 10.1. The van der Waals surface area contributed by atoms with E-state index in [-0.39, 0.29) is 36.0 Å². The lowest BCUT2D eigenvalue weighted by molar-refractivity contribution is 0.102. The Labute approximate surface area is 164 Å². The van der Waals surface area contributed by atoms with Crippen molar-refractivity contribution in [2.45, 2.75) is 33.3 Å². The molecule has 1 aromatic carbocycles. The van der Waals surface area contributed by atoms with Crippen LogP contribution in [-0.2, 0) is 11.3 Å². The fraction of sp³-hybridized carbons (Fsp3) is 0.333. The summed E-state index contributed by atoms with van der Waals surface area (Å²) in [7, 11) is 1.55. The summed E-state index contributed by atoms with van der Waals surface area (Å²) < 4.78 is 25.1. The summed E-state index contributed by atoms with van der Waals surface area (Å²) in [6.07, 6.45) is 1.26. The Kier molecular flexibility index (Phi) is 7.78. The molecule has 0 saturated heterocycles. The lowest BCUT2D eigenvalue weighted by Gasteiger charge is -2.13. The number of benzene rings is 1. The molecular formula is C21H24FN3O3. The smallest absolute Gasteiger partial charge is 0.259 e. The number of nitrogens with two attached hydrogens (primary N) is 1. The van der Waals surface area contributed by atoms with E-state index in [0.717, 1.165) is 12.0 Å². The second-order valence-electron chi connectivity index (χ2n) is 6.00. The highest BCUT2D eigenvalue weighted by atomic mass is 19.1. The number of aryl methyl sites for hydroxylation is 1. The topological polar surface area (TPSA) is 86.5 Å². The molecule has 0 saturated carbocycles. The fourth-order valence-corrected chi connectivity index (χ4v) is 2.47. The van der Waals surface area contributed by atoms with Gasteiger partial charge < -0.3 is 20.5 Å². The zero-order valence-corrected chi connectivity index (χ0v) is 16.3. The highest BCUT2D eigenvalue weighted by Crippen LogP contribution is 2.26. The second kappa shape index (κ2) is 10.3. The van der Waals surface area contributed by atoms with Crippen LogP contribution >= 0.6 is 0 Å². The monoisotopic (exact) mass is 385 g/mol. The third-order valence-corrected chi connectivity index (χ3v) is 3.87. The molecule has 6 nitrogen and oxygen atoms in total. The summed E-state index contributed by atoms with van der Waals surface area (Å²) in [6.45, 7) is 4.30. The molecule has 1 aromatic heterocycles. The standard InChI is InChI=1S/C21H24FN3O3/c1-4-5-6-7-11-28-18-10-8-9-16(19(18)22)25-21(26)15-12-14(2)17(13-27-3)24-20(15)23/h8-10,12H,4,7,11,13H2,1-3H3,(H2,23,24)(H,25,26). The third kappa shape index (κ3) is 5.44. The van der Waals surface area contributed by atoms with Gasteiger partial charge in [0.2, 0.25) is 0 Å². The number of hydrogen-bond donors (Lipinski definition) is 2. The Bertz CT molecular complexity index is 904. The number of nitrogens with one attached hydrogen (secondary N) is 1. The first-order valence-electron chi connectivity index (χ1n) is 8.91. The minimum atomic E-state index is -0.654. The van der Waals surface area contributed by atoms with Crippen molar-refractivity contribution in [3.05, 3.63) is 46.9 Å². The van der Waals surface area contributed by atoms with Crippen LogP contribution in [0.2, 0.25) is 0 Å². The van der Waals surface area contributed by atoms with E-state index in [1.807, 2.05) is 6.92 Å². The fourth-order valence-electron chi connectivity index (χ4n) is 2.47. The van der Waals surface area contributed by atoms with Crippen LogP contribution in [0.25, 0.3) is 0 Å². The van der Waals surface area contributed by atoms with Crippen molar-refractivity contribution in [3.8, 4) is 17.6 Å². The zero-order chi connectivity index (χ0) is 20.5. The Morgan fingerprint density at radius 3 is 2.86 bits per heavy atom. The molecule has 148 valence electrons. The normalized spacial score (nSPS) is 10.1. The van der Waals surface area contributed by atoms with Gasteiger partial charge in [-0.2, -0.15) is 0 Å². The highest BCUT2D eigenvalue weighted by molar-refractivity contribution is 6.07. The molecule has 0 aliphatic rings. The number of nitrogens with zero attached hydrogens (tertiary/aromatic N) is 1. The number of anilines is 2. The molecule has 0 fully saturated rings. The molecule has 28 heavy (non-hydrogen) atoms. The van der Waals surface area contributed by atoms with Gasteiger partial charge in [0, 0.05) is 20.0 Å². The van der Waals surface area contributed by atoms with Crippen LogP contribution in [-0.4, -0.2) is 24.6 Å². The number of halogens is 1. The van der Waals surface area contributed by atoms with Crippen LogP contribution in [0.4, 0.5) is 15.9 Å². The van der Waals surface area contributed by atoms with Crippen molar-refractivity contribution in [3.63, 3.8) is 0 Å². The molecule has 1 heterocycles. The van der Waals surface area contributed by atoms with E-state index >= 15 is 0 Å². The number of pyridine rings is 1. The molecule has 0 spiro atoms. The predicted molar refractivity (Wildman–Crippen MR) is 107 cm³/mol. The number of carbonyl (C=O) groups excluding carboxylic acids is 1. The van der Waals surface area contributed by atoms with E-state index in [0.29, 0.717) is 12.1 Å². The van der Waals surface area contributed by atoms with Crippen molar-refractivity contribution in [1.82, 2.24) is 4.98 Å².